The van der Waals surface area contributed by atoms with Crippen LogP contribution in [0.2, 0.25) is 5.02 Å². The summed E-state index contributed by atoms with van der Waals surface area (Å²) in [6.45, 7) is 3.80. The zero-order chi connectivity index (χ0) is 13.5. The monoisotopic (exact) mass is 264 g/mol. The Balaban J connectivity index is 2.87. The van der Waals surface area contributed by atoms with E-state index in [1.165, 1.54) is 6.20 Å². The van der Waals surface area contributed by atoms with E-state index >= 15 is 0 Å². The van der Waals surface area contributed by atoms with Crippen molar-refractivity contribution in [2.75, 3.05) is 11.9 Å². The third-order valence-corrected chi connectivity index (χ3v) is 2.42. The highest BCUT2D eigenvalue weighted by atomic mass is 35.5. The third kappa shape index (κ3) is 3.79. The summed E-state index contributed by atoms with van der Waals surface area (Å²) in [5.74, 6) is -0.646. The summed E-state index contributed by atoms with van der Waals surface area (Å²) < 4.78 is 4.74. The molecule has 1 aromatic carbocycles. The number of carbonyl (C=O) groups excluding carboxylic acids is 1. The van der Waals surface area contributed by atoms with Crippen LogP contribution in [0.1, 0.15) is 12.5 Å². The van der Waals surface area contributed by atoms with Gasteiger partial charge in [-0.25, -0.2) is 4.79 Å². The number of nitrogens with zero attached hydrogens (tertiary/aromatic N) is 1. The van der Waals surface area contributed by atoms with Crippen molar-refractivity contribution in [3.63, 3.8) is 0 Å². The summed E-state index contributed by atoms with van der Waals surface area (Å²) in [5.41, 5.74) is 1.60. The van der Waals surface area contributed by atoms with Gasteiger partial charge in [-0.3, -0.25) is 0 Å². The van der Waals surface area contributed by atoms with Crippen LogP contribution in [0.3, 0.4) is 0 Å². The SMILES string of the molecule is CCOC(=O)C(C#N)=CNc1cc(Cl)ccc1C. The fraction of sp³-hybridized carbons (Fsp3) is 0.231. The average molecular weight is 265 g/mol. The molecule has 0 unspecified atom stereocenters. The van der Waals surface area contributed by atoms with Gasteiger partial charge in [-0.05, 0) is 31.5 Å². The number of anilines is 1. The third-order valence-electron chi connectivity index (χ3n) is 2.19. The molecule has 0 aliphatic heterocycles. The molecule has 0 atom stereocenters. The number of nitriles is 1. The lowest BCUT2D eigenvalue weighted by Crippen LogP contribution is -2.08. The van der Waals surface area contributed by atoms with Crippen LogP contribution < -0.4 is 5.32 Å². The molecule has 18 heavy (non-hydrogen) atoms. The van der Waals surface area contributed by atoms with E-state index < -0.39 is 5.97 Å². The van der Waals surface area contributed by atoms with Crippen LogP contribution in [0.25, 0.3) is 0 Å². The minimum absolute atomic E-state index is 0.0868. The van der Waals surface area contributed by atoms with Crippen molar-refractivity contribution in [2.24, 2.45) is 0 Å². The van der Waals surface area contributed by atoms with Gasteiger partial charge in [0, 0.05) is 16.9 Å². The highest BCUT2D eigenvalue weighted by Gasteiger charge is 2.09. The maximum atomic E-state index is 11.4. The topological polar surface area (TPSA) is 62.1 Å². The molecule has 0 spiro atoms. The van der Waals surface area contributed by atoms with Crippen LogP contribution in [0, 0.1) is 18.3 Å². The predicted octanol–water partition coefficient (Wildman–Crippen LogP) is 3.03. The number of rotatable bonds is 4. The minimum atomic E-state index is -0.646. The largest absolute Gasteiger partial charge is 0.462 e. The van der Waals surface area contributed by atoms with Crippen LogP contribution in [0.4, 0.5) is 5.69 Å². The zero-order valence-electron chi connectivity index (χ0n) is 10.2. The smallest absolute Gasteiger partial charge is 0.350 e. The van der Waals surface area contributed by atoms with E-state index in [0.29, 0.717) is 5.02 Å². The van der Waals surface area contributed by atoms with E-state index in [0.717, 1.165) is 11.3 Å². The molecular formula is C13H13ClN2O2. The van der Waals surface area contributed by atoms with Gasteiger partial charge in [0.25, 0.3) is 0 Å². The first-order valence-corrected chi connectivity index (χ1v) is 5.76. The number of ether oxygens (including phenoxy) is 1. The number of benzene rings is 1. The van der Waals surface area contributed by atoms with Gasteiger partial charge in [-0.15, -0.1) is 0 Å². The number of nitrogens with one attached hydrogen (secondary N) is 1. The van der Waals surface area contributed by atoms with Gasteiger partial charge < -0.3 is 10.1 Å². The molecule has 0 heterocycles. The van der Waals surface area contributed by atoms with Gasteiger partial charge in [-0.2, -0.15) is 5.26 Å². The fourth-order valence-electron chi connectivity index (χ4n) is 1.25. The first kappa shape index (κ1) is 14.1. The first-order chi connectivity index (χ1) is 8.58. The van der Waals surface area contributed by atoms with Crippen molar-refractivity contribution in [3.8, 4) is 6.07 Å². The highest BCUT2D eigenvalue weighted by molar-refractivity contribution is 6.30. The molecule has 0 amide bonds. The molecule has 0 saturated heterocycles. The molecule has 0 bridgehead atoms. The molecule has 1 aromatic rings. The number of hydrogen-bond donors (Lipinski definition) is 1. The lowest BCUT2D eigenvalue weighted by molar-refractivity contribution is -0.138. The molecule has 0 saturated carbocycles. The predicted molar refractivity (Wildman–Crippen MR) is 70.1 cm³/mol. The molecular weight excluding hydrogens is 252 g/mol. The zero-order valence-corrected chi connectivity index (χ0v) is 10.9. The number of halogens is 1. The Morgan fingerprint density at radius 1 is 1.61 bits per heavy atom. The Bertz CT molecular complexity index is 518. The number of hydrogen-bond acceptors (Lipinski definition) is 4. The van der Waals surface area contributed by atoms with Crippen LogP contribution >= 0.6 is 11.6 Å². The van der Waals surface area contributed by atoms with Crippen molar-refractivity contribution < 1.29 is 9.53 Å². The maximum Gasteiger partial charge on any atom is 0.350 e. The van der Waals surface area contributed by atoms with E-state index in [-0.39, 0.29) is 12.2 Å². The standard InChI is InChI=1S/C13H13ClN2O2/c1-3-18-13(17)10(7-15)8-16-12-6-11(14)5-4-9(12)2/h4-6,8,16H,3H2,1-2H3. The van der Waals surface area contributed by atoms with Crippen LogP contribution in [-0.2, 0) is 9.53 Å². The van der Waals surface area contributed by atoms with E-state index in [1.54, 1.807) is 25.1 Å². The lowest BCUT2D eigenvalue weighted by atomic mass is 10.2. The summed E-state index contributed by atoms with van der Waals surface area (Å²) in [5, 5.41) is 12.3. The number of aryl methyl sites for hydroxylation is 1. The highest BCUT2D eigenvalue weighted by Crippen LogP contribution is 2.20. The van der Waals surface area contributed by atoms with E-state index in [9.17, 15) is 4.79 Å². The van der Waals surface area contributed by atoms with Crippen LogP contribution in [-0.4, -0.2) is 12.6 Å². The Morgan fingerprint density at radius 2 is 2.33 bits per heavy atom. The van der Waals surface area contributed by atoms with E-state index in [4.69, 9.17) is 21.6 Å². The van der Waals surface area contributed by atoms with Crippen molar-refractivity contribution in [1.29, 1.82) is 5.26 Å². The molecule has 1 N–H and O–H groups in total. The molecule has 0 aliphatic carbocycles. The molecule has 0 fully saturated rings. The van der Waals surface area contributed by atoms with E-state index in [2.05, 4.69) is 5.32 Å². The van der Waals surface area contributed by atoms with Crippen LogP contribution in [0.15, 0.2) is 30.0 Å². The molecule has 94 valence electrons. The Hall–Kier alpha value is -1.99. The summed E-state index contributed by atoms with van der Waals surface area (Å²) in [6.07, 6.45) is 1.32. The minimum Gasteiger partial charge on any atom is -0.462 e. The summed E-state index contributed by atoms with van der Waals surface area (Å²) in [4.78, 5) is 11.4. The van der Waals surface area contributed by atoms with Gasteiger partial charge in [0.1, 0.15) is 6.07 Å². The van der Waals surface area contributed by atoms with E-state index in [1.807, 2.05) is 13.0 Å². The Morgan fingerprint density at radius 3 is 2.94 bits per heavy atom. The summed E-state index contributed by atoms with van der Waals surface area (Å²) in [7, 11) is 0. The van der Waals surface area contributed by atoms with Crippen molar-refractivity contribution in [2.45, 2.75) is 13.8 Å². The molecule has 0 radical (unpaired) electrons. The van der Waals surface area contributed by atoms with Gasteiger partial charge in [0.05, 0.1) is 6.61 Å². The van der Waals surface area contributed by atoms with Gasteiger partial charge in [0.2, 0.25) is 0 Å². The molecule has 0 aromatic heterocycles. The second kappa shape index (κ2) is 6.67. The average Bonchev–Trinajstić information content (AvgIpc) is 2.34. The quantitative estimate of drug-likeness (QED) is 0.516. The van der Waals surface area contributed by atoms with Crippen molar-refractivity contribution in [3.05, 3.63) is 40.6 Å². The molecule has 5 heteroatoms. The molecule has 1 rings (SSSR count). The number of carbonyl (C=O) groups is 1. The van der Waals surface area contributed by atoms with Gasteiger partial charge in [0.15, 0.2) is 5.57 Å². The Kier molecular flexibility index (Phi) is 5.22. The maximum absolute atomic E-state index is 11.4. The lowest BCUT2D eigenvalue weighted by Gasteiger charge is -2.06. The number of esters is 1. The van der Waals surface area contributed by atoms with Crippen molar-refractivity contribution >= 4 is 23.3 Å². The Labute approximate surface area is 111 Å². The van der Waals surface area contributed by atoms with Crippen LogP contribution in [0.5, 0.6) is 0 Å². The molecule has 0 aliphatic rings. The van der Waals surface area contributed by atoms with Gasteiger partial charge >= 0.3 is 5.97 Å². The van der Waals surface area contributed by atoms with Gasteiger partial charge in [-0.1, -0.05) is 17.7 Å². The molecule has 4 nitrogen and oxygen atoms in total. The summed E-state index contributed by atoms with van der Waals surface area (Å²) >= 11 is 5.86. The normalized spacial score (nSPS) is 10.7. The summed E-state index contributed by atoms with van der Waals surface area (Å²) in [6, 6.07) is 7.11. The fourth-order valence-corrected chi connectivity index (χ4v) is 1.42. The second-order valence-corrected chi connectivity index (χ2v) is 3.93. The first-order valence-electron chi connectivity index (χ1n) is 5.38. The second-order valence-electron chi connectivity index (χ2n) is 3.49. The van der Waals surface area contributed by atoms with Crippen molar-refractivity contribution in [1.82, 2.24) is 0 Å².